The van der Waals surface area contributed by atoms with Gasteiger partial charge in [0, 0.05) is 38.2 Å². The van der Waals surface area contributed by atoms with Gasteiger partial charge >= 0.3 is 0 Å². The third kappa shape index (κ3) is 4.74. The normalized spacial score (nSPS) is 14.6. The van der Waals surface area contributed by atoms with E-state index in [0.29, 0.717) is 41.8 Å². The summed E-state index contributed by atoms with van der Waals surface area (Å²) in [5.74, 6) is 1.14. The molecule has 154 valence electrons. The highest BCUT2D eigenvalue weighted by atomic mass is 35.5. The summed E-state index contributed by atoms with van der Waals surface area (Å²) >= 11 is 0. The van der Waals surface area contributed by atoms with E-state index >= 15 is 0 Å². The molecular formula is C19H27ClN4O4. The molecule has 2 N–H and O–H groups in total. The monoisotopic (exact) mass is 410 g/mol. The quantitative estimate of drug-likeness (QED) is 0.775. The fourth-order valence-electron chi connectivity index (χ4n) is 3.35. The highest BCUT2D eigenvalue weighted by molar-refractivity contribution is 5.85. The largest absolute Gasteiger partial charge is 0.493 e. The van der Waals surface area contributed by atoms with Crippen LogP contribution in [0, 0.1) is 0 Å². The van der Waals surface area contributed by atoms with E-state index in [2.05, 4.69) is 4.98 Å². The standard InChI is InChI=1S/C19H26N4O4.ClH/c1-26-16-10-14-15(11-17(16)27-2)21-12-23(19(14)25)7-3-4-18(24)22-8-5-13(20)6-9-22;/h10-13H,3-9,20H2,1-2H3;1H. The molecule has 1 fully saturated rings. The fraction of sp³-hybridized carbons (Fsp3) is 0.526. The Morgan fingerprint density at radius 2 is 1.86 bits per heavy atom. The minimum Gasteiger partial charge on any atom is -0.493 e. The molecule has 1 aliphatic rings. The molecule has 28 heavy (non-hydrogen) atoms. The SMILES string of the molecule is COc1cc2ncn(CCCC(=O)N3CCC(N)CC3)c(=O)c2cc1OC.Cl. The number of likely N-dealkylation sites (tertiary alicyclic amines) is 1. The number of carbonyl (C=O) groups is 1. The van der Waals surface area contributed by atoms with Gasteiger partial charge in [-0.05, 0) is 25.3 Å². The van der Waals surface area contributed by atoms with Crippen LogP contribution in [0.5, 0.6) is 11.5 Å². The van der Waals surface area contributed by atoms with Crippen molar-refractivity contribution in [2.45, 2.75) is 38.3 Å². The van der Waals surface area contributed by atoms with Crippen molar-refractivity contribution in [1.82, 2.24) is 14.5 Å². The van der Waals surface area contributed by atoms with Crippen LogP contribution in [0.25, 0.3) is 10.9 Å². The van der Waals surface area contributed by atoms with Crippen LogP contribution >= 0.6 is 12.4 Å². The van der Waals surface area contributed by atoms with Gasteiger partial charge in [-0.1, -0.05) is 0 Å². The number of halogens is 1. The maximum Gasteiger partial charge on any atom is 0.261 e. The number of nitrogens with two attached hydrogens (primary N) is 1. The Kier molecular flexibility index (Phi) is 7.65. The Hall–Kier alpha value is -2.32. The molecular weight excluding hydrogens is 384 g/mol. The molecule has 1 aromatic carbocycles. The molecule has 0 aliphatic carbocycles. The number of aromatic nitrogens is 2. The average molecular weight is 411 g/mol. The molecule has 0 bridgehead atoms. The number of carbonyl (C=O) groups excluding carboxylic acids is 1. The van der Waals surface area contributed by atoms with E-state index in [4.69, 9.17) is 15.2 Å². The first-order valence-electron chi connectivity index (χ1n) is 9.18. The van der Waals surface area contributed by atoms with Gasteiger partial charge in [-0.25, -0.2) is 4.98 Å². The second kappa shape index (κ2) is 9.75. The maximum atomic E-state index is 12.7. The Morgan fingerprint density at radius 3 is 2.50 bits per heavy atom. The number of aryl methyl sites for hydroxylation is 1. The van der Waals surface area contributed by atoms with Crippen LogP contribution in [0.15, 0.2) is 23.3 Å². The maximum absolute atomic E-state index is 12.7. The molecule has 3 rings (SSSR count). The fourth-order valence-corrected chi connectivity index (χ4v) is 3.35. The van der Waals surface area contributed by atoms with Crippen molar-refractivity contribution in [3.63, 3.8) is 0 Å². The van der Waals surface area contributed by atoms with E-state index in [9.17, 15) is 9.59 Å². The van der Waals surface area contributed by atoms with E-state index in [1.165, 1.54) is 25.1 Å². The third-order valence-electron chi connectivity index (χ3n) is 5.01. The lowest BCUT2D eigenvalue weighted by Crippen LogP contribution is -2.42. The molecule has 1 amide bonds. The topological polar surface area (TPSA) is 99.7 Å². The zero-order valence-corrected chi connectivity index (χ0v) is 17.0. The lowest BCUT2D eigenvalue weighted by Gasteiger charge is -2.30. The van der Waals surface area contributed by atoms with Crippen molar-refractivity contribution >= 4 is 29.2 Å². The Morgan fingerprint density at radius 1 is 1.21 bits per heavy atom. The predicted octanol–water partition coefficient (Wildman–Crippen LogP) is 1.57. The highest BCUT2D eigenvalue weighted by Gasteiger charge is 2.20. The molecule has 1 aromatic heterocycles. The summed E-state index contributed by atoms with van der Waals surface area (Å²) in [4.78, 5) is 31.2. The number of methoxy groups -OCH3 is 2. The van der Waals surface area contributed by atoms with E-state index in [1.807, 2.05) is 4.90 Å². The number of hydrogen-bond acceptors (Lipinski definition) is 6. The average Bonchev–Trinajstić information content (AvgIpc) is 2.69. The van der Waals surface area contributed by atoms with Gasteiger partial charge < -0.3 is 20.1 Å². The van der Waals surface area contributed by atoms with Gasteiger partial charge in [-0.3, -0.25) is 14.2 Å². The Bertz CT molecular complexity index is 878. The molecule has 8 nitrogen and oxygen atoms in total. The summed E-state index contributed by atoms with van der Waals surface area (Å²) in [5.41, 5.74) is 6.27. The number of nitrogens with zero attached hydrogens (tertiary/aromatic N) is 3. The van der Waals surface area contributed by atoms with Gasteiger partial charge in [0.05, 0.1) is 31.4 Å². The summed E-state index contributed by atoms with van der Waals surface area (Å²) in [5, 5.41) is 0.464. The zero-order valence-electron chi connectivity index (χ0n) is 16.2. The smallest absolute Gasteiger partial charge is 0.261 e. The van der Waals surface area contributed by atoms with Crippen molar-refractivity contribution in [1.29, 1.82) is 0 Å². The molecule has 2 aromatic rings. The first-order chi connectivity index (χ1) is 13.0. The summed E-state index contributed by atoms with van der Waals surface area (Å²) < 4.78 is 12.0. The van der Waals surface area contributed by atoms with E-state index in [-0.39, 0.29) is 29.9 Å². The zero-order chi connectivity index (χ0) is 19.4. The lowest BCUT2D eigenvalue weighted by atomic mass is 10.1. The van der Waals surface area contributed by atoms with Gasteiger partial charge in [-0.2, -0.15) is 0 Å². The van der Waals surface area contributed by atoms with Crippen LogP contribution in [0.1, 0.15) is 25.7 Å². The van der Waals surface area contributed by atoms with Crippen molar-refractivity contribution in [2.24, 2.45) is 5.73 Å². The summed E-state index contributed by atoms with van der Waals surface area (Å²) in [6.45, 7) is 1.88. The number of piperidine rings is 1. The number of ether oxygens (including phenoxy) is 2. The number of benzene rings is 1. The molecule has 0 atom stereocenters. The molecule has 1 saturated heterocycles. The molecule has 2 heterocycles. The minimum atomic E-state index is -0.155. The molecule has 9 heteroatoms. The number of hydrogen-bond donors (Lipinski definition) is 1. The predicted molar refractivity (Wildman–Crippen MR) is 109 cm³/mol. The van der Waals surface area contributed by atoms with E-state index in [1.54, 1.807) is 12.1 Å². The Labute approximate surface area is 170 Å². The van der Waals surface area contributed by atoms with Crippen LogP contribution in [0.2, 0.25) is 0 Å². The van der Waals surface area contributed by atoms with Gasteiger partial charge in [0.1, 0.15) is 0 Å². The first-order valence-corrected chi connectivity index (χ1v) is 9.18. The third-order valence-corrected chi connectivity index (χ3v) is 5.01. The first kappa shape index (κ1) is 22.0. The number of rotatable bonds is 6. The lowest BCUT2D eigenvalue weighted by molar-refractivity contribution is -0.132. The van der Waals surface area contributed by atoms with Crippen LogP contribution in [-0.4, -0.2) is 53.7 Å². The van der Waals surface area contributed by atoms with Crippen molar-refractivity contribution < 1.29 is 14.3 Å². The van der Waals surface area contributed by atoms with Gasteiger partial charge in [0.15, 0.2) is 11.5 Å². The van der Waals surface area contributed by atoms with Crippen molar-refractivity contribution in [3.8, 4) is 11.5 Å². The van der Waals surface area contributed by atoms with Gasteiger partial charge in [-0.15, -0.1) is 12.4 Å². The molecule has 0 saturated carbocycles. The minimum absolute atomic E-state index is 0. The molecule has 0 radical (unpaired) electrons. The van der Waals surface area contributed by atoms with Crippen LogP contribution < -0.4 is 20.8 Å². The number of fused-ring (bicyclic) bond motifs is 1. The summed E-state index contributed by atoms with van der Waals surface area (Å²) in [6.07, 6.45) is 4.21. The van der Waals surface area contributed by atoms with Crippen molar-refractivity contribution in [2.75, 3.05) is 27.3 Å². The number of amides is 1. The Balaban J connectivity index is 0.00000280. The second-order valence-corrected chi connectivity index (χ2v) is 6.79. The van der Waals surface area contributed by atoms with Crippen molar-refractivity contribution in [3.05, 3.63) is 28.8 Å². The van der Waals surface area contributed by atoms with E-state index < -0.39 is 0 Å². The molecule has 1 aliphatic heterocycles. The molecule has 0 unspecified atom stereocenters. The van der Waals surface area contributed by atoms with E-state index in [0.717, 1.165) is 25.9 Å². The second-order valence-electron chi connectivity index (χ2n) is 6.79. The summed E-state index contributed by atoms with van der Waals surface area (Å²) in [6, 6.07) is 3.53. The van der Waals surface area contributed by atoms with Crippen LogP contribution in [0.4, 0.5) is 0 Å². The van der Waals surface area contributed by atoms with Crippen LogP contribution in [-0.2, 0) is 11.3 Å². The highest BCUT2D eigenvalue weighted by Crippen LogP contribution is 2.29. The van der Waals surface area contributed by atoms with Crippen LogP contribution in [0.3, 0.4) is 0 Å². The van der Waals surface area contributed by atoms with Gasteiger partial charge in [0.2, 0.25) is 5.91 Å². The summed E-state index contributed by atoms with van der Waals surface area (Å²) in [7, 11) is 3.07. The molecule has 0 spiro atoms. The van der Waals surface area contributed by atoms with Gasteiger partial charge in [0.25, 0.3) is 5.56 Å².